The molecule has 152 valence electrons. The maximum Gasteiger partial charge on any atom is 0.131 e. The summed E-state index contributed by atoms with van der Waals surface area (Å²) in [6, 6.07) is 23.2. The lowest BCUT2D eigenvalue weighted by Gasteiger charge is -2.11. The smallest absolute Gasteiger partial charge is 0.131 e. The third kappa shape index (κ3) is 3.71. The SMILES string of the molecule is Cc1ccc(Nc2cccc3nc(-c4cn(-c5ccc(O)cc5)nn4)ccc23)cc1C. The second kappa shape index (κ2) is 7.57. The molecule has 0 fully saturated rings. The van der Waals surface area contributed by atoms with Gasteiger partial charge in [0.25, 0.3) is 0 Å². The largest absolute Gasteiger partial charge is 0.508 e. The highest BCUT2D eigenvalue weighted by atomic mass is 16.3. The van der Waals surface area contributed by atoms with Crippen LogP contribution in [0.5, 0.6) is 5.75 Å². The number of aromatic hydroxyl groups is 1. The van der Waals surface area contributed by atoms with E-state index in [0.717, 1.165) is 33.7 Å². The molecule has 0 saturated heterocycles. The standard InChI is InChI=1S/C25H21N5O/c1-16-6-7-18(14-17(16)2)26-22-4-3-5-23-21(22)12-13-24(27-23)25-15-30(29-28-25)19-8-10-20(31)11-9-19/h3-15,26,31H,1-2H3. The van der Waals surface area contributed by atoms with Crippen LogP contribution in [0.3, 0.4) is 0 Å². The number of nitrogens with zero attached hydrogens (tertiary/aromatic N) is 4. The third-order valence-corrected chi connectivity index (χ3v) is 5.39. The number of benzene rings is 3. The van der Waals surface area contributed by atoms with E-state index in [2.05, 4.69) is 59.8 Å². The molecule has 0 radical (unpaired) electrons. The Morgan fingerprint density at radius 2 is 1.68 bits per heavy atom. The van der Waals surface area contributed by atoms with Crippen molar-refractivity contribution in [3.05, 3.63) is 90.1 Å². The molecule has 6 nitrogen and oxygen atoms in total. The van der Waals surface area contributed by atoms with E-state index >= 15 is 0 Å². The van der Waals surface area contributed by atoms with Crippen molar-refractivity contribution in [2.24, 2.45) is 0 Å². The molecule has 31 heavy (non-hydrogen) atoms. The zero-order valence-electron chi connectivity index (χ0n) is 17.2. The van der Waals surface area contributed by atoms with Crippen LogP contribution in [0.1, 0.15) is 11.1 Å². The Bertz CT molecular complexity index is 1390. The maximum absolute atomic E-state index is 9.47. The van der Waals surface area contributed by atoms with Gasteiger partial charge in [-0.3, -0.25) is 0 Å². The summed E-state index contributed by atoms with van der Waals surface area (Å²) in [6.07, 6.45) is 1.83. The minimum absolute atomic E-state index is 0.213. The second-order valence-corrected chi connectivity index (χ2v) is 7.56. The normalized spacial score (nSPS) is 11.0. The highest BCUT2D eigenvalue weighted by molar-refractivity contribution is 5.94. The number of aryl methyl sites for hydroxylation is 2. The van der Waals surface area contributed by atoms with Gasteiger partial charge in [0, 0.05) is 16.8 Å². The van der Waals surface area contributed by atoms with Crippen LogP contribution in [0.25, 0.3) is 28.0 Å². The van der Waals surface area contributed by atoms with Gasteiger partial charge in [-0.05, 0) is 85.6 Å². The number of fused-ring (bicyclic) bond motifs is 1. The van der Waals surface area contributed by atoms with Gasteiger partial charge in [-0.2, -0.15) is 0 Å². The van der Waals surface area contributed by atoms with Gasteiger partial charge in [-0.1, -0.05) is 17.3 Å². The minimum atomic E-state index is 0.213. The van der Waals surface area contributed by atoms with E-state index in [1.54, 1.807) is 28.9 Å². The number of pyridine rings is 1. The van der Waals surface area contributed by atoms with Crippen LogP contribution in [0.2, 0.25) is 0 Å². The van der Waals surface area contributed by atoms with Gasteiger partial charge >= 0.3 is 0 Å². The fourth-order valence-corrected chi connectivity index (χ4v) is 3.49. The van der Waals surface area contributed by atoms with Crippen molar-refractivity contribution < 1.29 is 5.11 Å². The van der Waals surface area contributed by atoms with Crippen molar-refractivity contribution in [2.45, 2.75) is 13.8 Å². The summed E-state index contributed by atoms with van der Waals surface area (Å²) in [5.74, 6) is 0.213. The maximum atomic E-state index is 9.47. The lowest BCUT2D eigenvalue weighted by atomic mass is 10.1. The predicted molar refractivity (Wildman–Crippen MR) is 123 cm³/mol. The average Bonchev–Trinajstić information content (AvgIpc) is 3.27. The lowest BCUT2D eigenvalue weighted by Crippen LogP contribution is -1.94. The molecule has 0 aliphatic carbocycles. The molecule has 5 rings (SSSR count). The number of phenolic OH excluding ortho intramolecular Hbond substituents is 1. The van der Waals surface area contributed by atoms with Crippen LogP contribution in [0, 0.1) is 13.8 Å². The summed E-state index contributed by atoms with van der Waals surface area (Å²) < 4.78 is 1.67. The number of aromatic nitrogens is 4. The Hall–Kier alpha value is -4.19. The molecule has 5 aromatic rings. The molecule has 0 amide bonds. The van der Waals surface area contributed by atoms with Crippen LogP contribution in [0.4, 0.5) is 11.4 Å². The molecule has 0 atom stereocenters. The monoisotopic (exact) mass is 407 g/mol. The summed E-state index contributed by atoms with van der Waals surface area (Å²) in [4.78, 5) is 4.80. The fraction of sp³-hybridized carbons (Fsp3) is 0.0800. The highest BCUT2D eigenvalue weighted by Crippen LogP contribution is 2.28. The highest BCUT2D eigenvalue weighted by Gasteiger charge is 2.10. The van der Waals surface area contributed by atoms with Gasteiger partial charge in [0.1, 0.15) is 11.4 Å². The zero-order chi connectivity index (χ0) is 21.4. The molecule has 2 heterocycles. The van der Waals surface area contributed by atoms with Crippen molar-refractivity contribution in [3.8, 4) is 22.8 Å². The van der Waals surface area contributed by atoms with Crippen molar-refractivity contribution >= 4 is 22.3 Å². The van der Waals surface area contributed by atoms with Crippen LogP contribution in [-0.4, -0.2) is 25.1 Å². The molecule has 0 unspecified atom stereocenters. The van der Waals surface area contributed by atoms with E-state index in [9.17, 15) is 5.11 Å². The van der Waals surface area contributed by atoms with Gasteiger partial charge in [0.15, 0.2) is 0 Å². The van der Waals surface area contributed by atoms with E-state index < -0.39 is 0 Å². The van der Waals surface area contributed by atoms with Crippen LogP contribution in [0.15, 0.2) is 79.0 Å². The van der Waals surface area contributed by atoms with Crippen LogP contribution in [-0.2, 0) is 0 Å². The van der Waals surface area contributed by atoms with Gasteiger partial charge in [0.2, 0.25) is 0 Å². The molecule has 2 aromatic heterocycles. The fourth-order valence-electron chi connectivity index (χ4n) is 3.49. The lowest BCUT2D eigenvalue weighted by molar-refractivity contribution is 0.475. The van der Waals surface area contributed by atoms with Gasteiger partial charge in [-0.25, -0.2) is 9.67 Å². The van der Waals surface area contributed by atoms with Crippen molar-refractivity contribution in [3.63, 3.8) is 0 Å². The van der Waals surface area contributed by atoms with E-state index in [0.29, 0.717) is 5.69 Å². The van der Waals surface area contributed by atoms with Crippen LogP contribution >= 0.6 is 0 Å². The summed E-state index contributed by atoms with van der Waals surface area (Å²) in [5, 5.41) is 22.5. The average molecular weight is 407 g/mol. The van der Waals surface area contributed by atoms with Gasteiger partial charge < -0.3 is 10.4 Å². The van der Waals surface area contributed by atoms with Crippen molar-refractivity contribution in [1.82, 2.24) is 20.0 Å². The predicted octanol–water partition coefficient (Wildman–Crippen LogP) is 5.55. The Morgan fingerprint density at radius 1 is 0.839 bits per heavy atom. The third-order valence-electron chi connectivity index (χ3n) is 5.39. The van der Waals surface area contributed by atoms with Gasteiger partial charge in [-0.15, -0.1) is 5.10 Å². The summed E-state index contributed by atoms with van der Waals surface area (Å²) >= 11 is 0. The molecule has 0 aliphatic rings. The quantitative estimate of drug-likeness (QED) is 0.409. The number of nitrogens with one attached hydrogen (secondary N) is 1. The Labute approximate surface area is 179 Å². The number of hydrogen-bond acceptors (Lipinski definition) is 5. The van der Waals surface area contributed by atoms with E-state index in [4.69, 9.17) is 4.98 Å². The number of hydrogen-bond donors (Lipinski definition) is 2. The summed E-state index contributed by atoms with van der Waals surface area (Å²) in [5.41, 5.74) is 7.72. The molecule has 0 aliphatic heterocycles. The van der Waals surface area contributed by atoms with Crippen LogP contribution < -0.4 is 5.32 Å². The first-order valence-electron chi connectivity index (χ1n) is 10.0. The summed E-state index contributed by atoms with van der Waals surface area (Å²) in [7, 11) is 0. The molecule has 6 heteroatoms. The molecule has 0 bridgehead atoms. The molecule has 0 saturated carbocycles. The summed E-state index contributed by atoms with van der Waals surface area (Å²) in [6.45, 7) is 4.23. The molecule has 3 aromatic carbocycles. The first-order valence-corrected chi connectivity index (χ1v) is 10.0. The molecular weight excluding hydrogens is 386 g/mol. The Morgan fingerprint density at radius 3 is 2.48 bits per heavy atom. The second-order valence-electron chi connectivity index (χ2n) is 7.56. The minimum Gasteiger partial charge on any atom is -0.508 e. The molecular formula is C25H21N5O. The molecule has 2 N–H and O–H groups in total. The van der Waals surface area contributed by atoms with E-state index in [1.165, 1.54) is 11.1 Å². The number of rotatable bonds is 4. The zero-order valence-corrected chi connectivity index (χ0v) is 17.2. The van der Waals surface area contributed by atoms with Crippen molar-refractivity contribution in [1.29, 1.82) is 0 Å². The van der Waals surface area contributed by atoms with E-state index in [-0.39, 0.29) is 5.75 Å². The number of phenols is 1. The Kier molecular flexibility index (Phi) is 4.59. The molecule has 0 spiro atoms. The van der Waals surface area contributed by atoms with Crippen molar-refractivity contribution in [2.75, 3.05) is 5.32 Å². The first-order chi connectivity index (χ1) is 15.1. The first kappa shape index (κ1) is 18.8. The topological polar surface area (TPSA) is 75.9 Å². The van der Waals surface area contributed by atoms with Gasteiger partial charge in [0.05, 0.1) is 23.1 Å². The number of anilines is 2. The Balaban J connectivity index is 1.47. The van der Waals surface area contributed by atoms with E-state index in [1.807, 2.05) is 24.4 Å².